The molecular weight excluding hydrogens is 184 g/mol. The molecule has 2 heterocycles. The zero-order valence-electron chi connectivity index (χ0n) is 7.06. The lowest BCUT2D eigenvalue weighted by atomic mass is 10.3. The molecule has 0 radical (unpaired) electrons. The van der Waals surface area contributed by atoms with Gasteiger partial charge in [0.05, 0.1) is 0 Å². The average Bonchev–Trinajstić information content (AvgIpc) is 2.67. The standard InChI is InChI=1S/C8H8N4S/c1-9-8-12-11-7(13-8)6-3-2-4-10-5-6/h2-5H,1H3,(H,9,12). The highest BCUT2D eigenvalue weighted by molar-refractivity contribution is 7.18. The van der Waals surface area contributed by atoms with Crippen LogP contribution in [0, 0.1) is 0 Å². The summed E-state index contributed by atoms with van der Waals surface area (Å²) in [6.45, 7) is 0. The summed E-state index contributed by atoms with van der Waals surface area (Å²) >= 11 is 1.51. The summed E-state index contributed by atoms with van der Waals surface area (Å²) in [5.74, 6) is 0. The fourth-order valence-corrected chi connectivity index (χ4v) is 1.62. The molecule has 0 spiro atoms. The van der Waals surface area contributed by atoms with E-state index in [1.807, 2.05) is 19.2 Å². The minimum absolute atomic E-state index is 0.818. The third-order valence-electron chi connectivity index (χ3n) is 1.55. The second kappa shape index (κ2) is 3.49. The second-order valence-electron chi connectivity index (χ2n) is 2.40. The molecule has 2 rings (SSSR count). The molecule has 13 heavy (non-hydrogen) atoms. The lowest BCUT2D eigenvalue weighted by Gasteiger charge is -1.90. The number of pyridine rings is 1. The summed E-state index contributed by atoms with van der Waals surface area (Å²) in [6.07, 6.45) is 3.52. The maximum absolute atomic E-state index is 4.02. The van der Waals surface area contributed by atoms with E-state index in [0.29, 0.717) is 0 Å². The van der Waals surface area contributed by atoms with Crippen LogP contribution in [-0.4, -0.2) is 22.2 Å². The highest BCUT2D eigenvalue weighted by atomic mass is 32.1. The third-order valence-corrected chi connectivity index (χ3v) is 2.54. The molecule has 0 saturated carbocycles. The van der Waals surface area contributed by atoms with E-state index in [1.54, 1.807) is 12.4 Å². The normalized spacial score (nSPS) is 9.92. The second-order valence-corrected chi connectivity index (χ2v) is 3.38. The first-order valence-electron chi connectivity index (χ1n) is 3.82. The number of aromatic nitrogens is 3. The maximum Gasteiger partial charge on any atom is 0.205 e. The van der Waals surface area contributed by atoms with Crippen molar-refractivity contribution in [1.82, 2.24) is 15.2 Å². The van der Waals surface area contributed by atoms with E-state index in [-0.39, 0.29) is 0 Å². The van der Waals surface area contributed by atoms with E-state index in [9.17, 15) is 0 Å². The number of anilines is 1. The fraction of sp³-hybridized carbons (Fsp3) is 0.125. The van der Waals surface area contributed by atoms with Crippen molar-refractivity contribution in [3.63, 3.8) is 0 Å². The Bertz CT molecular complexity index is 384. The zero-order chi connectivity index (χ0) is 9.10. The molecular formula is C8H8N4S. The molecule has 0 fully saturated rings. The van der Waals surface area contributed by atoms with Crippen molar-refractivity contribution < 1.29 is 0 Å². The SMILES string of the molecule is CNc1nnc(-c2cccnc2)s1. The van der Waals surface area contributed by atoms with Gasteiger partial charge in [-0.15, -0.1) is 10.2 Å². The Balaban J connectivity index is 2.36. The lowest BCUT2D eigenvalue weighted by Crippen LogP contribution is -1.84. The third kappa shape index (κ3) is 1.65. The molecule has 66 valence electrons. The van der Waals surface area contributed by atoms with Gasteiger partial charge in [0.1, 0.15) is 0 Å². The van der Waals surface area contributed by atoms with Gasteiger partial charge in [-0.25, -0.2) is 0 Å². The Morgan fingerprint density at radius 2 is 2.31 bits per heavy atom. The van der Waals surface area contributed by atoms with Crippen molar-refractivity contribution in [3.05, 3.63) is 24.5 Å². The number of hydrogen-bond acceptors (Lipinski definition) is 5. The van der Waals surface area contributed by atoms with Crippen molar-refractivity contribution in [2.45, 2.75) is 0 Å². The van der Waals surface area contributed by atoms with Crippen LogP contribution in [0.15, 0.2) is 24.5 Å². The number of nitrogens with zero attached hydrogens (tertiary/aromatic N) is 3. The predicted octanol–water partition coefficient (Wildman–Crippen LogP) is 1.64. The molecule has 0 unspecified atom stereocenters. The van der Waals surface area contributed by atoms with Crippen LogP contribution in [0.1, 0.15) is 0 Å². The molecule has 5 heteroatoms. The van der Waals surface area contributed by atoms with Crippen LogP contribution < -0.4 is 5.32 Å². The predicted molar refractivity (Wildman–Crippen MR) is 52.7 cm³/mol. The maximum atomic E-state index is 4.02. The Hall–Kier alpha value is -1.49. The quantitative estimate of drug-likeness (QED) is 0.786. The number of rotatable bonds is 2. The summed E-state index contributed by atoms with van der Waals surface area (Å²) in [5.41, 5.74) is 1.00. The van der Waals surface area contributed by atoms with Crippen LogP contribution in [0.5, 0.6) is 0 Å². The van der Waals surface area contributed by atoms with Gasteiger partial charge in [-0.2, -0.15) is 0 Å². The van der Waals surface area contributed by atoms with E-state index >= 15 is 0 Å². The Morgan fingerprint density at radius 1 is 1.38 bits per heavy atom. The van der Waals surface area contributed by atoms with Crippen LogP contribution in [0.3, 0.4) is 0 Å². The molecule has 2 aromatic heterocycles. The summed E-state index contributed by atoms with van der Waals surface area (Å²) in [4.78, 5) is 4.01. The smallest absolute Gasteiger partial charge is 0.205 e. The van der Waals surface area contributed by atoms with E-state index in [4.69, 9.17) is 0 Å². The van der Waals surface area contributed by atoms with Gasteiger partial charge >= 0.3 is 0 Å². The largest absolute Gasteiger partial charge is 0.363 e. The van der Waals surface area contributed by atoms with Gasteiger partial charge in [0.2, 0.25) is 5.13 Å². The molecule has 0 saturated heterocycles. The number of hydrogen-bond donors (Lipinski definition) is 1. The van der Waals surface area contributed by atoms with Gasteiger partial charge in [-0.1, -0.05) is 11.3 Å². The van der Waals surface area contributed by atoms with Crippen LogP contribution in [-0.2, 0) is 0 Å². The summed E-state index contributed by atoms with van der Waals surface area (Å²) < 4.78 is 0. The highest BCUT2D eigenvalue weighted by Gasteiger charge is 2.03. The molecule has 4 nitrogen and oxygen atoms in total. The molecule has 0 aromatic carbocycles. The first-order valence-corrected chi connectivity index (χ1v) is 4.63. The molecule has 0 amide bonds. The van der Waals surface area contributed by atoms with E-state index < -0.39 is 0 Å². The summed E-state index contributed by atoms with van der Waals surface area (Å²) in [6, 6.07) is 3.85. The van der Waals surface area contributed by atoms with Gasteiger partial charge in [0.25, 0.3) is 0 Å². The molecule has 0 bridgehead atoms. The number of nitrogens with one attached hydrogen (secondary N) is 1. The Morgan fingerprint density at radius 3 is 2.92 bits per heavy atom. The topological polar surface area (TPSA) is 50.7 Å². The van der Waals surface area contributed by atoms with Crippen LogP contribution in [0.2, 0.25) is 0 Å². The molecule has 2 aromatic rings. The minimum atomic E-state index is 0.818. The Labute approximate surface area is 79.7 Å². The first-order chi connectivity index (χ1) is 6.40. The molecule has 0 atom stereocenters. The molecule has 0 aliphatic heterocycles. The molecule has 0 aliphatic carbocycles. The van der Waals surface area contributed by atoms with Crippen LogP contribution >= 0.6 is 11.3 Å². The van der Waals surface area contributed by atoms with Gasteiger partial charge in [-0.3, -0.25) is 4.98 Å². The summed E-state index contributed by atoms with van der Waals surface area (Å²) in [5, 5.41) is 12.6. The average molecular weight is 192 g/mol. The van der Waals surface area contributed by atoms with E-state index in [0.717, 1.165) is 15.7 Å². The van der Waals surface area contributed by atoms with Crippen molar-refractivity contribution in [2.75, 3.05) is 12.4 Å². The fourth-order valence-electron chi connectivity index (χ4n) is 0.930. The zero-order valence-corrected chi connectivity index (χ0v) is 7.88. The van der Waals surface area contributed by atoms with Crippen molar-refractivity contribution in [1.29, 1.82) is 0 Å². The summed E-state index contributed by atoms with van der Waals surface area (Å²) in [7, 11) is 1.83. The van der Waals surface area contributed by atoms with Crippen LogP contribution in [0.25, 0.3) is 10.6 Å². The molecule has 1 N–H and O–H groups in total. The first kappa shape index (κ1) is 8.12. The van der Waals surface area contributed by atoms with Crippen molar-refractivity contribution in [3.8, 4) is 10.6 Å². The van der Waals surface area contributed by atoms with Gasteiger partial charge < -0.3 is 5.32 Å². The van der Waals surface area contributed by atoms with E-state index in [2.05, 4.69) is 20.5 Å². The highest BCUT2D eigenvalue weighted by Crippen LogP contribution is 2.24. The van der Waals surface area contributed by atoms with Gasteiger partial charge in [0, 0.05) is 25.0 Å². The van der Waals surface area contributed by atoms with Gasteiger partial charge in [0.15, 0.2) is 5.01 Å². The Kier molecular flexibility index (Phi) is 2.18. The van der Waals surface area contributed by atoms with E-state index in [1.165, 1.54) is 11.3 Å². The van der Waals surface area contributed by atoms with Crippen LogP contribution in [0.4, 0.5) is 5.13 Å². The monoisotopic (exact) mass is 192 g/mol. The van der Waals surface area contributed by atoms with Crippen molar-refractivity contribution >= 4 is 16.5 Å². The molecule has 0 aliphatic rings. The van der Waals surface area contributed by atoms with Gasteiger partial charge in [-0.05, 0) is 12.1 Å². The van der Waals surface area contributed by atoms with Crippen molar-refractivity contribution in [2.24, 2.45) is 0 Å². The minimum Gasteiger partial charge on any atom is -0.363 e. The lowest BCUT2D eigenvalue weighted by molar-refractivity contribution is 1.09.